The molecule has 1 atom stereocenters. The molecule has 1 aliphatic carbocycles. The number of aliphatic carboxylic acids is 1. The first kappa shape index (κ1) is 17.1. The van der Waals surface area contributed by atoms with Gasteiger partial charge in [0, 0.05) is 12.6 Å². The van der Waals surface area contributed by atoms with Gasteiger partial charge < -0.3 is 15.3 Å². The molecule has 0 saturated heterocycles. The van der Waals surface area contributed by atoms with E-state index in [9.17, 15) is 9.59 Å². The van der Waals surface area contributed by atoms with Gasteiger partial charge in [-0.1, -0.05) is 13.8 Å². The second kappa shape index (κ2) is 8.39. The molecule has 0 aliphatic heterocycles. The third-order valence-electron chi connectivity index (χ3n) is 3.40. The number of carbonyl (C=O) groups is 2. The van der Waals surface area contributed by atoms with E-state index in [2.05, 4.69) is 19.2 Å². The molecule has 1 rings (SSSR count). The Morgan fingerprint density at radius 3 is 2.45 bits per heavy atom. The predicted octanol–water partition coefficient (Wildman–Crippen LogP) is 2.41. The molecule has 0 bridgehead atoms. The van der Waals surface area contributed by atoms with Crippen LogP contribution in [-0.2, 0) is 4.79 Å². The monoisotopic (exact) mass is 302 g/mol. The summed E-state index contributed by atoms with van der Waals surface area (Å²) in [5.74, 6) is 0.315. The lowest BCUT2D eigenvalue weighted by molar-refractivity contribution is -0.139. The Morgan fingerprint density at radius 2 is 2.00 bits per heavy atom. The fraction of sp³-hybridized carbons (Fsp3) is 0.857. The molecule has 0 unspecified atom stereocenters. The van der Waals surface area contributed by atoms with Gasteiger partial charge in [-0.3, -0.25) is 0 Å². The van der Waals surface area contributed by atoms with Crippen LogP contribution >= 0.6 is 11.8 Å². The quantitative estimate of drug-likeness (QED) is 0.686. The number of nitrogens with zero attached hydrogens (tertiary/aromatic N) is 1. The summed E-state index contributed by atoms with van der Waals surface area (Å²) in [5, 5.41) is 11.8. The molecule has 0 aromatic rings. The standard InChI is InChI=1S/C14H26N2O3S/c1-10(2)6-8-16(11-4-5-11)14(19)15-12(13(17)18)7-9-20-3/h10-12H,4-9H2,1-3H3,(H,15,19)(H,17,18)/t12-/m1/s1. The summed E-state index contributed by atoms with van der Waals surface area (Å²) in [4.78, 5) is 25.2. The van der Waals surface area contributed by atoms with Crippen molar-refractivity contribution in [2.24, 2.45) is 5.92 Å². The summed E-state index contributed by atoms with van der Waals surface area (Å²) < 4.78 is 0. The van der Waals surface area contributed by atoms with Crippen LogP contribution in [0.2, 0.25) is 0 Å². The van der Waals surface area contributed by atoms with Gasteiger partial charge in [-0.25, -0.2) is 9.59 Å². The average molecular weight is 302 g/mol. The van der Waals surface area contributed by atoms with E-state index >= 15 is 0 Å². The van der Waals surface area contributed by atoms with Crippen LogP contribution in [0.15, 0.2) is 0 Å². The number of carboxylic acid groups (broad SMARTS) is 1. The molecule has 1 fully saturated rings. The van der Waals surface area contributed by atoms with Gasteiger partial charge >= 0.3 is 12.0 Å². The first-order valence-corrected chi connectivity index (χ1v) is 8.64. The van der Waals surface area contributed by atoms with Crippen molar-refractivity contribution in [1.29, 1.82) is 0 Å². The van der Waals surface area contributed by atoms with Crippen LogP contribution in [0, 0.1) is 5.92 Å². The van der Waals surface area contributed by atoms with Gasteiger partial charge in [0.05, 0.1) is 0 Å². The molecular formula is C14H26N2O3S. The lowest BCUT2D eigenvalue weighted by atomic mass is 10.1. The zero-order valence-electron chi connectivity index (χ0n) is 12.6. The zero-order chi connectivity index (χ0) is 15.1. The maximum Gasteiger partial charge on any atom is 0.326 e. The second-order valence-electron chi connectivity index (χ2n) is 5.73. The summed E-state index contributed by atoms with van der Waals surface area (Å²) in [7, 11) is 0. The predicted molar refractivity (Wildman–Crippen MR) is 82.1 cm³/mol. The summed E-state index contributed by atoms with van der Waals surface area (Å²) in [6.07, 6.45) is 5.42. The van der Waals surface area contributed by atoms with Crippen LogP contribution in [0.1, 0.15) is 39.5 Å². The maximum atomic E-state index is 12.3. The Hall–Kier alpha value is -0.910. The zero-order valence-corrected chi connectivity index (χ0v) is 13.4. The van der Waals surface area contributed by atoms with E-state index in [0.717, 1.165) is 25.0 Å². The van der Waals surface area contributed by atoms with Crippen LogP contribution in [0.4, 0.5) is 4.79 Å². The van der Waals surface area contributed by atoms with E-state index in [1.54, 1.807) is 11.8 Å². The molecular weight excluding hydrogens is 276 g/mol. The molecule has 20 heavy (non-hydrogen) atoms. The molecule has 0 spiro atoms. The van der Waals surface area contributed by atoms with Crippen molar-refractivity contribution in [2.75, 3.05) is 18.6 Å². The molecule has 6 heteroatoms. The normalized spacial score (nSPS) is 16.0. The summed E-state index contributed by atoms with van der Waals surface area (Å²) >= 11 is 1.59. The van der Waals surface area contributed by atoms with Gasteiger partial charge in [-0.15, -0.1) is 0 Å². The van der Waals surface area contributed by atoms with Crippen LogP contribution in [-0.4, -0.2) is 52.6 Å². The number of rotatable bonds is 9. The molecule has 2 N–H and O–H groups in total. The summed E-state index contributed by atoms with van der Waals surface area (Å²) in [6.45, 7) is 4.96. The molecule has 116 valence electrons. The molecule has 0 radical (unpaired) electrons. The molecule has 5 nitrogen and oxygen atoms in total. The largest absolute Gasteiger partial charge is 0.480 e. The number of urea groups is 1. The summed E-state index contributed by atoms with van der Waals surface area (Å²) in [5.41, 5.74) is 0. The van der Waals surface area contributed by atoms with E-state index in [4.69, 9.17) is 5.11 Å². The number of nitrogens with one attached hydrogen (secondary N) is 1. The van der Waals surface area contributed by atoms with E-state index in [1.165, 1.54) is 0 Å². The Morgan fingerprint density at radius 1 is 1.35 bits per heavy atom. The number of amides is 2. The lowest BCUT2D eigenvalue weighted by Gasteiger charge is -2.25. The van der Waals surface area contributed by atoms with Crippen molar-refractivity contribution >= 4 is 23.8 Å². The minimum Gasteiger partial charge on any atom is -0.480 e. The SMILES string of the molecule is CSCC[C@@H](NC(=O)N(CCC(C)C)C1CC1)C(=O)O. The van der Waals surface area contributed by atoms with E-state index in [0.29, 0.717) is 24.9 Å². The Balaban J connectivity index is 2.52. The van der Waals surface area contributed by atoms with Crippen molar-refractivity contribution in [1.82, 2.24) is 10.2 Å². The van der Waals surface area contributed by atoms with Gasteiger partial charge in [0.2, 0.25) is 0 Å². The number of carboxylic acids is 1. The topological polar surface area (TPSA) is 69.6 Å². The first-order chi connectivity index (χ1) is 9.45. The molecule has 0 aromatic carbocycles. The second-order valence-corrected chi connectivity index (χ2v) is 6.71. The smallest absolute Gasteiger partial charge is 0.326 e. The highest BCUT2D eigenvalue weighted by atomic mass is 32.2. The Kier molecular flexibility index (Phi) is 7.19. The van der Waals surface area contributed by atoms with Crippen LogP contribution < -0.4 is 5.32 Å². The highest BCUT2D eigenvalue weighted by molar-refractivity contribution is 7.98. The first-order valence-electron chi connectivity index (χ1n) is 7.24. The highest BCUT2D eigenvalue weighted by Gasteiger charge is 2.33. The molecule has 0 aromatic heterocycles. The highest BCUT2D eigenvalue weighted by Crippen LogP contribution is 2.27. The lowest BCUT2D eigenvalue weighted by Crippen LogP contribution is -2.49. The number of thioether (sulfide) groups is 1. The van der Waals surface area contributed by atoms with Gasteiger partial charge in [0.25, 0.3) is 0 Å². The number of hydrogen-bond donors (Lipinski definition) is 2. The van der Waals surface area contributed by atoms with Gasteiger partial charge in [-0.2, -0.15) is 11.8 Å². The van der Waals surface area contributed by atoms with Gasteiger partial charge in [-0.05, 0) is 43.6 Å². The van der Waals surface area contributed by atoms with E-state index in [-0.39, 0.29) is 6.03 Å². The van der Waals surface area contributed by atoms with Crippen LogP contribution in [0.5, 0.6) is 0 Å². The van der Waals surface area contributed by atoms with E-state index < -0.39 is 12.0 Å². The molecule has 0 heterocycles. The van der Waals surface area contributed by atoms with Crippen molar-refractivity contribution in [3.63, 3.8) is 0 Å². The fourth-order valence-corrected chi connectivity index (χ4v) is 2.43. The van der Waals surface area contributed by atoms with E-state index in [1.807, 2.05) is 11.2 Å². The van der Waals surface area contributed by atoms with Crippen molar-refractivity contribution in [2.45, 2.75) is 51.6 Å². The fourth-order valence-electron chi connectivity index (χ4n) is 1.96. The number of hydrogen-bond acceptors (Lipinski definition) is 3. The maximum absolute atomic E-state index is 12.3. The minimum atomic E-state index is -0.952. The van der Waals surface area contributed by atoms with Crippen molar-refractivity contribution < 1.29 is 14.7 Å². The summed E-state index contributed by atoms with van der Waals surface area (Å²) in [6, 6.07) is -0.694. The van der Waals surface area contributed by atoms with Crippen molar-refractivity contribution in [3.05, 3.63) is 0 Å². The van der Waals surface area contributed by atoms with Crippen LogP contribution in [0.25, 0.3) is 0 Å². The minimum absolute atomic E-state index is 0.221. The Labute approximate surface area is 125 Å². The van der Waals surface area contributed by atoms with Gasteiger partial charge in [0.1, 0.15) is 6.04 Å². The van der Waals surface area contributed by atoms with Crippen molar-refractivity contribution in [3.8, 4) is 0 Å². The third-order valence-corrected chi connectivity index (χ3v) is 4.05. The molecule has 1 aliphatic rings. The van der Waals surface area contributed by atoms with Crippen LogP contribution in [0.3, 0.4) is 0 Å². The molecule has 1 saturated carbocycles. The number of carbonyl (C=O) groups excluding carboxylic acids is 1. The average Bonchev–Trinajstić information content (AvgIpc) is 3.18. The van der Waals surface area contributed by atoms with Gasteiger partial charge in [0.15, 0.2) is 0 Å². The third kappa shape index (κ3) is 6.03. The molecule has 2 amide bonds. The Bertz CT molecular complexity index is 332.